The molecule has 0 fully saturated rings. The monoisotopic (exact) mass is 249 g/mol. The summed E-state index contributed by atoms with van der Waals surface area (Å²) in [4.78, 5) is 11.4. The first kappa shape index (κ1) is 14.0. The van der Waals surface area contributed by atoms with Crippen LogP contribution in [0.2, 0.25) is 0 Å². The molecule has 0 unspecified atom stereocenters. The number of anilines is 1. The Morgan fingerprint density at radius 2 is 2.00 bits per heavy atom. The molecule has 1 amide bonds. The SMILES string of the molecule is CC(C)COC(=O)Nc1ccc(CC(=N)N)cc1. The third-order valence-corrected chi connectivity index (χ3v) is 2.14. The summed E-state index contributed by atoms with van der Waals surface area (Å²) in [6.07, 6.45) is -0.0408. The molecule has 4 N–H and O–H groups in total. The molecule has 0 aliphatic heterocycles. The van der Waals surface area contributed by atoms with Crippen LogP contribution in [0.15, 0.2) is 24.3 Å². The van der Waals surface area contributed by atoms with Crippen molar-refractivity contribution >= 4 is 17.6 Å². The third-order valence-electron chi connectivity index (χ3n) is 2.14. The Bertz CT molecular complexity index is 413. The molecule has 18 heavy (non-hydrogen) atoms. The molecule has 0 saturated heterocycles. The summed E-state index contributed by atoms with van der Waals surface area (Å²) in [5.41, 5.74) is 6.90. The van der Waals surface area contributed by atoms with Gasteiger partial charge in [0.15, 0.2) is 0 Å². The quantitative estimate of drug-likeness (QED) is 0.553. The Morgan fingerprint density at radius 3 is 2.50 bits per heavy atom. The number of rotatable bonds is 5. The number of hydrogen-bond acceptors (Lipinski definition) is 3. The number of benzene rings is 1. The van der Waals surface area contributed by atoms with E-state index in [9.17, 15) is 4.79 Å². The second-order valence-electron chi connectivity index (χ2n) is 4.52. The number of carbonyl (C=O) groups is 1. The minimum absolute atomic E-state index is 0.118. The molecule has 0 aromatic heterocycles. The molecular weight excluding hydrogens is 230 g/mol. The van der Waals surface area contributed by atoms with Crippen molar-refractivity contribution in [3.63, 3.8) is 0 Å². The zero-order valence-corrected chi connectivity index (χ0v) is 10.7. The number of ether oxygens (including phenoxy) is 1. The van der Waals surface area contributed by atoms with E-state index in [0.717, 1.165) is 5.56 Å². The van der Waals surface area contributed by atoms with Crippen molar-refractivity contribution in [1.29, 1.82) is 5.41 Å². The van der Waals surface area contributed by atoms with Gasteiger partial charge in [0.1, 0.15) is 0 Å². The maximum atomic E-state index is 11.4. The number of amidine groups is 1. The zero-order valence-electron chi connectivity index (χ0n) is 10.7. The van der Waals surface area contributed by atoms with E-state index in [1.54, 1.807) is 12.1 Å². The van der Waals surface area contributed by atoms with Crippen LogP contribution in [0.1, 0.15) is 19.4 Å². The molecule has 0 heterocycles. The zero-order chi connectivity index (χ0) is 13.5. The molecule has 1 aromatic carbocycles. The van der Waals surface area contributed by atoms with Crippen molar-refractivity contribution in [3.05, 3.63) is 29.8 Å². The molecule has 1 aromatic rings. The van der Waals surface area contributed by atoms with Crippen LogP contribution in [-0.2, 0) is 11.2 Å². The fourth-order valence-corrected chi connectivity index (χ4v) is 1.32. The minimum Gasteiger partial charge on any atom is -0.449 e. The lowest BCUT2D eigenvalue weighted by Gasteiger charge is -2.09. The highest BCUT2D eigenvalue weighted by Crippen LogP contribution is 2.10. The van der Waals surface area contributed by atoms with Crippen LogP contribution in [0, 0.1) is 11.3 Å². The van der Waals surface area contributed by atoms with Crippen molar-refractivity contribution in [2.45, 2.75) is 20.3 Å². The van der Waals surface area contributed by atoms with Gasteiger partial charge in [0, 0.05) is 12.1 Å². The maximum absolute atomic E-state index is 11.4. The highest BCUT2D eigenvalue weighted by molar-refractivity contribution is 5.85. The van der Waals surface area contributed by atoms with Crippen LogP contribution in [0.5, 0.6) is 0 Å². The first-order chi connectivity index (χ1) is 8.47. The van der Waals surface area contributed by atoms with E-state index in [2.05, 4.69) is 5.32 Å². The lowest BCUT2D eigenvalue weighted by molar-refractivity contribution is 0.147. The topological polar surface area (TPSA) is 88.2 Å². The van der Waals surface area contributed by atoms with Gasteiger partial charge in [-0.1, -0.05) is 26.0 Å². The molecule has 0 radical (unpaired) electrons. The van der Waals surface area contributed by atoms with Gasteiger partial charge in [-0.2, -0.15) is 0 Å². The Morgan fingerprint density at radius 1 is 1.39 bits per heavy atom. The van der Waals surface area contributed by atoms with Gasteiger partial charge in [-0.25, -0.2) is 4.79 Å². The average Bonchev–Trinajstić information content (AvgIpc) is 2.28. The average molecular weight is 249 g/mol. The lowest BCUT2D eigenvalue weighted by Crippen LogP contribution is -2.16. The van der Waals surface area contributed by atoms with Gasteiger partial charge in [-0.3, -0.25) is 10.7 Å². The Hall–Kier alpha value is -2.04. The molecule has 5 heteroatoms. The summed E-state index contributed by atoms with van der Waals surface area (Å²) >= 11 is 0. The van der Waals surface area contributed by atoms with Gasteiger partial charge in [0.05, 0.1) is 12.4 Å². The number of nitrogens with two attached hydrogens (primary N) is 1. The van der Waals surface area contributed by atoms with E-state index in [-0.39, 0.29) is 5.84 Å². The fraction of sp³-hybridized carbons (Fsp3) is 0.385. The van der Waals surface area contributed by atoms with E-state index in [0.29, 0.717) is 24.6 Å². The number of carbonyl (C=O) groups excluding carboxylic acids is 1. The molecule has 1 rings (SSSR count). The molecule has 0 aliphatic rings. The van der Waals surface area contributed by atoms with E-state index in [1.807, 2.05) is 26.0 Å². The first-order valence-electron chi connectivity index (χ1n) is 5.83. The molecule has 0 spiro atoms. The van der Waals surface area contributed by atoms with Crippen molar-refractivity contribution in [3.8, 4) is 0 Å². The van der Waals surface area contributed by atoms with E-state index < -0.39 is 6.09 Å². The summed E-state index contributed by atoms with van der Waals surface area (Å²) in [6, 6.07) is 7.16. The number of amides is 1. The van der Waals surface area contributed by atoms with Crippen LogP contribution in [0.25, 0.3) is 0 Å². The van der Waals surface area contributed by atoms with Crippen LogP contribution in [-0.4, -0.2) is 18.5 Å². The highest BCUT2D eigenvalue weighted by Gasteiger charge is 2.04. The van der Waals surface area contributed by atoms with Crippen molar-refractivity contribution in [1.82, 2.24) is 0 Å². The Kier molecular flexibility index (Phi) is 5.17. The second-order valence-corrected chi connectivity index (χ2v) is 4.52. The molecule has 5 nitrogen and oxygen atoms in total. The summed E-state index contributed by atoms with van der Waals surface area (Å²) in [5.74, 6) is 0.431. The van der Waals surface area contributed by atoms with E-state index in [1.165, 1.54) is 0 Å². The van der Waals surface area contributed by atoms with Crippen molar-refractivity contribution in [2.24, 2.45) is 11.7 Å². The standard InChI is InChI=1S/C13H19N3O2/c1-9(2)8-18-13(17)16-11-5-3-10(4-6-11)7-12(14)15/h3-6,9H,7-8H2,1-2H3,(H3,14,15)(H,16,17). The Labute approximate surface area is 107 Å². The van der Waals surface area contributed by atoms with Gasteiger partial charge in [0.2, 0.25) is 0 Å². The third kappa shape index (κ3) is 5.34. The van der Waals surface area contributed by atoms with Gasteiger partial charge in [0.25, 0.3) is 0 Å². The largest absolute Gasteiger partial charge is 0.449 e. The van der Waals surface area contributed by atoms with Crippen LogP contribution in [0.4, 0.5) is 10.5 Å². The molecule has 0 aliphatic carbocycles. The van der Waals surface area contributed by atoms with Crippen LogP contribution in [0.3, 0.4) is 0 Å². The van der Waals surface area contributed by atoms with Gasteiger partial charge >= 0.3 is 6.09 Å². The fourth-order valence-electron chi connectivity index (χ4n) is 1.32. The normalized spacial score (nSPS) is 10.2. The summed E-state index contributed by atoms with van der Waals surface area (Å²) in [5, 5.41) is 9.81. The molecular formula is C13H19N3O2. The predicted octanol–water partition coefficient (Wildman–Crippen LogP) is 2.37. The molecule has 0 atom stereocenters. The first-order valence-corrected chi connectivity index (χ1v) is 5.83. The van der Waals surface area contributed by atoms with Gasteiger partial charge in [-0.15, -0.1) is 0 Å². The van der Waals surface area contributed by atoms with Gasteiger partial charge in [-0.05, 0) is 23.6 Å². The number of hydrogen-bond donors (Lipinski definition) is 3. The maximum Gasteiger partial charge on any atom is 0.411 e. The summed E-state index contributed by atoms with van der Waals surface area (Å²) in [6.45, 7) is 4.35. The van der Waals surface area contributed by atoms with E-state index in [4.69, 9.17) is 15.9 Å². The van der Waals surface area contributed by atoms with Crippen molar-refractivity contribution in [2.75, 3.05) is 11.9 Å². The smallest absolute Gasteiger partial charge is 0.411 e. The molecule has 98 valence electrons. The number of nitrogens with one attached hydrogen (secondary N) is 2. The summed E-state index contributed by atoms with van der Waals surface area (Å²) < 4.78 is 5.00. The summed E-state index contributed by atoms with van der Waals surface area (Å²) in [7, 11) is 0. The lowest BCUT2D eigenvalue weighted by atomic mass is 10.1. The molecule has 0 bridgehead atoms. The van der Waals surface area contributed by atoms with Gasteiger partial charge < -0.3 is 10.5 Å². The highest BCUT2D eigenvalue weighted by atomic mass is 16.5. The molecule has 0 saturated carbocycles. The van der Waals surface area contributed by atoms with E-state index >= 15 is 0 Å². The van der Waals surface area contributed by atoms with Crippen LogP contribution < -0.4 is 11.1 Å². The van der Waals surface area contributed by atoms with Crippen molar-refractivity contribution < 1.29 is 9.53 Å². The minimum atomic E-state index is -0.456. The second kappa shape index (κ2) is 6.64. The Balaban J connectivity index is 2.48. The predicted molar refractivity (Wildman–Crippen MR) is 71.9 cm³/mol. The van der Waals surface area contributed by atoms with Crippen LogP contribution >= 0.6 is 0 Å².